The predicted molar refractivity (Wildman–Crippen MR) is 158 cm³/mol. The molecule has 2 N–H and O–H groups in total. The Hall–Kier alpha value is -4.97. The molecule has 43 heavy (non-hydrogen) atoms. The summed E-state index contributed by atoms with van der Waals surface area (Å²) in [6, 6.07) is 24.8. The minimum atomic E-state index is -4.73. The molecule has 0 radical (unpaired) electrons. The van der Waals surface area contributed by atoms with Crippen LogP contribution in [0.25, 0.3) is 0 Å². The third kappa shape index (κ3) is 7.86. The van der Waals surface area contributed by atoms with Crippen molar-refractivity contribution >= 4 is 38.9 Å². The molecule has 0 saturated heterocycles. The van der Waals surface area contributed by atoms with Crippen LogP contribution in [0.5, 0.6) is 0 Å². The molecule has 0 aliphatic heterocycles. The lowest BCUT2D eigenvalue weighted by Crippen LogP contribution is -2.40. The van der Waals surface area contributed by atoms with Gasteiger partial charge >= 0.3 is 6.18 Å². The molecule has 0 spiro atoms. The van der Waals surface area contributed by atoms with Crippen molar-refractivity contribution in [2.24, 2.45) is 5.10 Å². The fraction of sp³-hybridized carbons (Fsp3) is 0.129. The van der Waals surface area contributed by atoms with Crippen LogP contribution in [0.4, 0.5) is 24.5 Å². The highest BCUT2D eigenvalue weighted by Gasteiger charge is 2.33. The van der Waals surface area contributed by atoms with Crippen molar-refractivity contribution in [3.8, 4) is 0 Å². The van der Waals surface area contributed by atoms with E-state index < -0.39 is 34.2 Å². The maximum atomic E-state index is 13.5. The second-order valence-corrected chi connectivity index (χ2v) is 11.4. The highest BCUT2D eigenvalue weighted by Crippen LogP contribution is 2.33. The number of hydrogen-bond donors (Lipinski definition) is 2. The summed E-state index contributed by atoms with van der Waals surface area (Å²) in [5.41, 5.74) is 3.47. The number of rotatable bonds is 9. The summed E-state index contributed by atoms with van der Waals surface area (Å²) >= 11 is 0. The van der Waals surface area contributed by atoms with E-state index in [9.17, 15) is 31.2 Å². The third-order valence-electron chi connectivity index (χ3n) is 6.28. The number of nitrogens with one attached hydrogen (secondary N) is 2. The van der Waals surface area contributed by atoms with E-state index in [1.165, 1.54) is 18.2 Å². The Kier molecular flexibility index (Phi) is 9.30. The molecular weight excluding hydrogens is 581 g/mol. The number of halogens is 3. The number of benzene rings is 4. The summed E-state index contributed by atoms with van der Waals surface area (Å²) in [6.45, 7) is 2.50. The van der Waals surface area contributed by atoms with E-state index in [1.54, 1.807) is 80.6 Å². The second kappa shape index (κ2) is 12.9. The predicted octanol–water partition coefficient (Wildman–Crippen LogP) is 6.00. The molecule has 2 amide bonds. The maximum Gasteiger partial charge on any atom is 0.416 e. The Morgan fingerprint density at radius 3 is 2.16 bits per heavy atom. The minimum Gasteiger partial charge on any atom is -0.322 e. The monoisotopic (exact) mass is 608 g/mol. The van der Waals surface area contributed by atoms with Crippen molar-refractivity contribution < 1.29 is 31.2 Å². The lowest BCUT2D eigenvalue weighted by atomic mass is 10.1. The average Bonchev–Trinajstić information content (AvgIpc) is 2.99. The van der Waals surface area contributed by atoms with Crippen LogP contribution < -0.4 is 15.0 Å². The highest BCUT2D eigenvalue weighted by molar-refractivity contribution is 7.92. The normalized spacial score (nSPS) is 12.0. The topological polar surface area (TPSA) is 108 Å². The molecule has 8 nitrogen and oxygen atoms in total. The molecule has 0 fully saturated rings. The van der Waals surface area contributed by atoms with Gasteiger partial charge in [0, 0.05) is 11.3 Å². The van der Waals surface area contributed by atoms with Gasteiger partial charge in [0.15, 0.2) is 0 Å². The van der Waals surface area contributed by atoms with Crippen LogP contribution in [-0.2, 0) is 21.0 Å². The third-order valence-corrected chi connectivity index (χ3v) is 8.07. The van der Waals surface area contributed by atoms with E-state index in [-0.39, 0.29) is 16.5 Å². The number of alkyl halides is 3. The molecule has 12 heteroatoms. The smallest absolute Gasteiger partial charge is 0.322 e. The van der Waals surface area contributed by atoms with E-state index in [0.717, 1.165) is 17.7 Å². The molecule has 4 aromatic carbocycles. The van der Waals surface area contributed by atoms with Crippen LogP contribution in [0.3, 0.4) is 0 Å². The van der Waals surface area contributed by atoms with Crippen molar-refractivity contribution in [3.63, 3.8) is 0 Å². The summed E-state index contributed by atoms with van der Waals surface area (Å²) in [6.07, 6.45) is -4.73. The van der Waals surface area contributed by atoms with Gasteiger partial charge in [-0.15, -0.1) is 0 Å². The van der Waals surface area contributed by atoms with Gasteiger partial charge in [-0.05, 0) is 74.0 Å². The molecule has 0 aromatic heterocycles. The first-order valence-corrected chi connectivity index (χ1v) is 14.4. The van der Waals surface area contributed by atoms with E-state index >= 15 is 0 Å². The van der Waals surface area contributed by atoms with Gasteiger partial charge in [0.25, 0.3) is 21.8 Å². The number of carbonyl (C=O) groups is 2. The second-order valence-electron chi connectivity index (χ2n) is 9.51. The first-order valence-electron chi connectivity index (χ1n) is 12.9. The number of hydrogen-bond acceptors (Lipinski definition) is 5. The van der Waals surface area contributed by atoms with Crippen LogP contribution in [0.2, 0.25) is 0 Å². The van der Waals surface area contributed by atoms with Crippen LogP contribution in [0.15, 0.2) is 113 Å². The molecule has 0 bridgehead atoms. The van der Waals surface area contributed by atoms with Crippen LogP contribution in [-0.4, -0.2) is 32.5 Å². The van der Waals surface area contributed by atoms with Gasteiger partial charge in [-0.25, -0.2) is 13.8 Å². The number of hydrazone groups is 1. The van der Waals surface area contributed by atoms with Crippen molar-refractivity contribution in [1.29, 1.82) is 0 Å². The fourth-order valence-corrected chi connectivity index (χ4v) is 5.39. The summed E-state index contributed by atoms with van der Waals surface area (Å²) in [7, 11) is -4.44. The van der Waals surface area contributed by atoms with Crippen molar-refractivity contribution in [1.82, 2.24) is 5.43 Å². The van der Waals surface area contributed by atoms with E-state index in [1.807, 2.05) is 0 Å². The van der Waals surface area contributed by atoms with Crippen molar-refractivity contribution in [2.45, 2.75) is 24.9 Å². The van der Waals surface area contributed by atoms with Gasteiger partial charge < -0.3 is 5.32 Å². The molecule has 0 aliphatic rings. The number of amides is 2. The SMILES string of the molecule is C/C(=N/NC(=O)CN(c1cccc(C(F)(F)F)c1)S(=O)(=O)c1ccc(C)cc1)c1cccc(NC(=O)c2ccccc2)c1. The average molecular weight is 609 g/mol. The zero-order valence-electron chi connectivity index (χ0n) is 23.1. The summed E-state index contributed by atoms with van der Waals surface area (Å²) in [5, 5.41) is 6.82. The first-order chi connectivity index (χ1) is 20.3. The van der Waals surface area contributed by atoms with E-state index in [0.29, 0.717) is 32.9 Å². The zero-order valence-corrected chi connectivity index (χ0v) is 23.9. The van der Waals surface area contributed by atoms with Gasteiger partial charge in [-0.1, -0.05) is 54.1 Å². The molecule has 0 heterocycles. The van der Waals surface area contributed by atoms with E-state index in [4.69, 9.17) is 0 Å². The van der Waals surface area contributed by atoms with Crippen molar-refractivity contribution in [2.75, 3.05) is 16.2 Å². The minimum absolute atomic E-state index is 0.197. The van der Waals surface area contributed by atoms with E-state index in [2.05, 4.69) is 15.8 Å². The van der Waals surface area contributed by atoms with Crippen molar-refractivity contribution in [3.05, 3.63) is 125 Å². The standard InChI is InChI=1S/C31H27F3N4O4S/c1-21-14-16-28(17-15-21)43(41,42)38(27-13-7-11-25(19-27)31(32,33)34)20-29(39)37-36-22(2)24-10-6-12-26(18-24)35-30(40)23-8-4-3-5-9-23/h3-19H,20H2,1-2H3,(H,35,40)(H,37,39)/b36-22-. The number of carbonyl (C=O) groups excluding carboxylic acids is 2. The summed E-state index contributed by atoms with van der Waals surface area (Å²) in [4.78, 5) is 25.2. The lowest BCUT2D eigenvalue weighted by Gasteiger charge is -2.24. The molecule has 222 valence electrons. The molecular formula is C31H27F3N4O4S. The quantitative estimate of drug-likeness (QED) is 0.179. The highest BCUT2D eigenvalue weighted by atomic mass is 32.2. The zero-order chi connectivity index (χ0) is 31.2. The Bertz CT molecular complexity index is 1760. The van der Waals surface area contributed by atoms with Gasteiger partial charge in [0.1, 0.15) is 6.54 Å². The Labute approximate surface area is 246 Å². The number of anilines is 2. The van der Waals surface area contributed by atoms with Crippen LogP contribution in [0, 0.1) is 6.92 Å². The molecule has 4 aromatic rings. The largest absolute Gasteiger partial charge is 0.416 e. The Morgan fingerprint density at radius 2 is 1.49 bits per heavy atom. The lowest BCUT2D eigenvalue weighted by molar-refractivity contribution is -0.137. The van der Waals surface area contributed by atoms with Crippen LogP contribution in [0.1, 0.15) is 34.0 Å². The summed E-state index contributed by atoms with van der Waals surface area (Å²) < 4.78 is 67.9. The number of aryl methyl sites for hydroxylation is 1. The van der Waals surface area contributed by atoms with Crippen LogP contribution >= 0.6 is 0 Å². The maximum absolute atomic E-state index is 13.5. The number of nitrogens with zero attached hydrogens (tertiary/aromatic N) is 2. The molecule has 4 rings (SSSR count). The van der Waals surface area contributed by atoms with Gasteiger partial charge in [-0.2, -0.15) is 18.3 Å². The molecule has 0 atom stereocenters. The molecule has 0 unspecified atom stereocenters. The first kappa shape index (κ1) is 31.0. The van der Waals surface area contributed by atoms with Gasteiger partial charge in [0.05, 0.1) is 21.9 Å². The number of sulfonamides is 1. The van der Waals surface area contributed by atoms with Gasteiger partial charge in [-0.3, -0.25) is 13.9 Å². The summed E-state index contributed by atoms with van der Waals surface area (Å²) in [5.74, 6) is -1.20. The molecule has 0 saturated carbocycles. The molecule has 0 aliphatic carbocycles. The fourth-order valence-electron chi connectivity index (χ4n) is 3.98. The van der Waals surface area contributed by atoms with Gasteiger partial charge in [0.2, 0.25) is 0 Å². The Balaban J connectivity index is 1.55. The Morgan fingerprint density at radius 1 is 0.837 bits per heavy atom.